The Hall–Kier alpha value is -2.36. The first kappa shape index (κ1) is 14.1. The van der Waals surface area contributed by atoms with E-state index in [9.17, 15) is 14.3 Å². The molecule has 2 N–H and O–H groups in total. The van der Waals surface area contributed by atoms with Crippen molar-refractivity contribution < 1.29 is 14.3 Å². The lowest BCUT2D eigenvalue weighted by Crippen LogP contribution is -2.25. The average molecular weight is 273 g/mol. The SMILES string of the molecule is Cc1cc(F)ccc1CCNC(=O)c1cccc(O)c1. The highest BCUT2D eigenvalue weighted by Gasteiger charge is 2.06. The van der Waals surface area contributed by atoms with Crippen LogP contribution in [0.25, 0.3) is 0 Å². The van der Waals surface area contributed by atoms with Gasteiger partial charge in [-0.25, -0.2) is 4.39 Å². The molecule has 0 bridgehead atoms. The van der Waals surface area contributed by atoms with Crippen molar-refractivity contribution in [1.29, 1.82) is 0 Å². The number of hydrogen-bond acceptors (Lipinski definition) is 2. The predicted octanol–water partition coefficient (Wildman–Crippen LogP) is 2.81. The fourth-order valence-electron chi connectivity index (χ4n) is 2.00. The Morgan fingerprint density at radius 2 is 2.05 bits per heavy atom. The van der Waals surface area contributed by atoms with E-state index in [2.05, 4.69) is 5.32 Å². The molecule has 0 radical (unpaired) electrons. The first-order valence-electron chi connectivity index (χ1n) is 6.38. The molecule has 3 nitrogen and oxygen atoms in total. The van der Waals surface area contributed by atoms with E-state index < -0.39 is 0 Å². The van der Waals surface area contributed by atoms with Crippen LogP contribution in [-0.2, 0) is 6.42 Å². The molecular weight excluding hydrogens is 257 g/mol. The number of phenols is 1. The van der Waals surface area contributed by atoms with Crippen molar-refractivity contribution in [3.8, 4) is 5.75 Å². The zero-order valence-corrected chi connectivity index (χ0v) is 11.2. The summed E-state index contributed by atoms with van der Waals surface area (Å²) >= 11 is 0. The van der Waals surface area contributed by atoms with Gasteiger partial charge in [0, 0.05) is 12.1 Å². The van der Waals surface area contributed by atoms with Crippen LogP contribution in [-0.4, -0.2) is 17.6 Å². The molecule has 0 heterocycles. The number of aryl methyl sites for hydroxylation is 1. The third-order valence-electron chi connectivity index (χ3n) is 3.09. The van der Waals surface area contributed by atoms with Crippen LogP contribution in [0.5, 0.6) is 5.75 Å². The van der Waals surface area contributed by atoms with E-state index in [1.54, 1.807) is 18.2 Å². The minimum atomic E-state index is -0.255. The first-order chi connectivity index (χ1) is 9.56. The van der Waals surface area contributed by atoms with E-state index in [0.717, 1.165) is 11.1 Å². The minimum Gasteiger partial charge on any atom is -0.508 e. The zero-order valence-electron chi connectivity index (χ0n) is 11.2. The minimum absolute atomic E-state index is 0.0621. The Bertz CT molecular complexity index is 626. The number of rotatable bonds is 4. The quantitative estimate of drug-likeness (QED) is 0.900. The number of amides is 1. The topological polar surface area (TPSA) is 49.3 Å². The van der Waals surface area contributed by atoms with Gasteiger partial charge in [0.1, 0.15) is 11.6 Å². The van der Waals surface area contributed by atoms with Gasteiger partial charge in [0.05, 0.1) is 0 Å². The lowest BCUT2D eigenvalue weighted by Gasteiger charge is -2.08. The van der Waals surface area contributed by atoms with E-state index in [-0.39, 0.29) is 17.5 Å². The number of carbonyl (C=O) groups excluding carboxylic acids is 1. The number of benzene rings is 2. The van der Waals surface area contributed by atoms with E-state index >= 15 is 0 Å². The maximum Gasteiger partial charge on any atom is 0.251 e. The molecule has 0 saturated carbocycles. The van der Waals surface area contributed by atoms with Crippen LogP contribution in [0.2, 0.25) is 0 Å². The lowest BCUT2D eigenvalue weighted by atomic mass is 10.1. The Morgan fingerprint density at radius 3 is 2.75 bits per heavy atom. The van der Waals surface area contributed by atoms with E-state index in [1.165, 1.54) is 24.3 Å². The first-order valence-corrected chi connectivity index (χ1v) is 6.38. The summed E-state index contributed by atoms with van der Waals surface area (Å²) in [5, 5.41) is 12.1. The predicted molar refractivity (Wildman–Crippen MR) is 75.3 cm³/mol. The molecule has 104 valence electrons. The van der Waals surface area contributed by atoms with E-state index in [1.807, 2.05) is 6.92 Å². The molecule has 2 aromatic rings. The van der Waals surface area contributed by atoms with Crippen molar-refractivity contribution in [1.82, 2.24) is 5.32 Å². The highest BCUT2D eigenvalue weighted by molar-refractivity contribution is 5.94. The number of carbonyl (C=O) groups is 1. The van der Waals surface area contributed by atoms with Crippen LogP contribution in [0.15, 0.2) is 42.5 Å². The molecule has 0 aliphatic carbocycles. The smallest absolute Gasteiger partial charge is 0.251 e. The van der Waals surface area contributed by atoms with Crippen LogP contribution in [0.3, 0.4) is 0 Å². The molecule has 0 fully saturated rings. The molecule has 2 rings (SSSR count). The second-order valence-corrected chi connectivity index (χ2v) is 4.63. The number of halogens is 1. The molecule has 0 spiro atoms. The average Bonchev–Trinajstić information content (AvgIpc) is 2.41. The molecule has 0 atom stereocenters. The van der Waals surface area contributed by atoms with Gasteiger partial charge in [0.2, 0.25) is 0 Å². The van der Waals surface area contributed by atoms with Gasteiger partial charge in [-0.15, -0.1) is 0 Å². The van der Waals surface area contributed by atoms with Gasteiger partial charge < -0.3 is 10.4 Å². The second kappa shape index (κ2) is 6.19. The fourth-order valence-corrected chi connectivity index (χ4v) is 2.00. The molecule has 0 aliphatic heterocycles. The zero-order chi connectivity index (χ0) is 14.5. The molecule has 0 unspecified atom stereocenters. The summed E-state index contributed by atoms with van der Waals surface area (Å²) in [6.07, 6.45) is 0.636. The number of phenolic OH excluding ortho intramolecular Hbond substituents is 1. The van der Waals surface area contributed by atoms with E-state index in [4.69, 9.17) is 0 Å². The maximum absolute atomic E-state index is 13.0. The van der Waals surface area contributed by atoms with Gasteiger partial charge in [-0.3, -0.25) is 4.79 Å². The fraction of sp³-hybridized carbons (Fsp3) is 0.188. The Labute approximate surface area is 117 Å². The Kier molecular flexibility index (Phi) is 4.35. The molecular formula is C16H16FNO2. The molecule has 4 heteroatoms. The van der Waals surface area contributed by atoms with Gasteiger partial charge in [-0.2, -0.15) is 0 Å². The molecule has 0 aromatic heterocycles. The Morgan fingerprint density at radius 1 is 1.25 bits per heavy atom. The molecule has 1 amide bonds. The van der Waals surface area contributed by atoms with Gasteiger partial charge in [-0.05, 0) is 54.8 Å². The maximum atomic E-state index is 13.0. The van der Waals surface area contributed by atoms with Gasteiger partial charge in [-0.1, -0.05) is 12.1 Å². The van der Waals surface area contributed by atoms with Gasteiger partial charge in [0.25, 0.3) is 5.91 Å². The third kappa shape index (κ3) is 3.57. The van der Waals surface area contributed by atoms with Crippen molar-refractivity contribution in [2.24, 2.45) is 0 Å². The van der Waals surface area contributed by atoms with E-state index in [0.29, 0.717) is 18.5 Å². The number of nitrogens with one attached hydrogen (secondary N) is 1. The van der Waals surface area contributed by atoms with Crippen LogP contribution >= 0.6 is 0 Å². The van der Waals surface area contributed by atoms with Crippen molar-refractivity contribution in [3.05, 3.63) is 65.0 Å². The lowest BCUT2D eigenvalue weighted by molar-refractivity contribution is 0.0953. The summed E-state index contributed by atoms with van der Waals surface area (Å²) in [6, 6.07) is 10.8. The third-order valence-corrected chi connectivity index (χ3v) is 3.09. The summed E-state index contributed by atoms with van der Waals surface area (Å²) in [5.74, 6) is -0.428. The molecule has 20 heavy (non-hydrogen) atoms. The summed E-state index contributed by atoms with van der Waals surface area (Å²) in [6.45, 7) is 2.30. The van der Waals surface area contributed by atoms with Crippen LogP contribution in [0.1, 0.15) is 21.5 Å². The summed E-state index contributed by atoms with van der Waals surface area (Å²) in [7, 11) is 0. The molecule has 0 saturated heterocycles. The largest absolute Gasteiger partial charge is 0.508 e. The monoisotopic (exact) mass is 273 g/mol. The number of hydrogen-bond donors (Lipinski definition) is 2. The standard InChI is InChI=1S/C16H16FNO2/c1-11-9-14(17)6-5-12(11)7-8-18-16(20)13-3-2-4-15(19)10-13/h2-6,9-10,19H,7-8H2,1H3,(H,18,20). The van der Waals surface area contributed by atoms with Crippen LogP contribution in [0.4, 0.5) is 4.39 Å². The number of aromatic hydroxyl groups is 1. The summed E-state index contributed by atoms with van der Waals surface area (Å²) in [5.41, 5.74) is 2.29. The van der Waals surface area contributed by atoms with Crippen molar-refractivity contribution in [2.45, 2.75) is 13.3 Å². The summed E-state index contributed by atoms with van der Waals surface area (Å²) in [4.78, 5) is 11.8. The normalized spacial score (nSPS) is 10.3. The Balaban J connectivity index is 1.91. The van der Waals surface area contributed by atoms with Crippen molar-refractivity contribution in [2.75, 3.05) is 6.54 Å². The van der Waals surface area contributed by atoms with Crippen molar-refractivity contribution >= 4 is 5.91 Å². The molecule has 2 aromatic carbocycles. The van der Waals surface area contributed by atoms with Gasteiger partial charge in [0.15, 0.2) is 0 Å². The van der Waals surface area contributed by atoms with Crippen molar-refractivity contribution in [3.63, 3.8) is 0 Å². The highest BCUT2D eigenvalue weighted by atomic mass is 19.1. The summed E-state index contributed by atoms with van der Waals surface area (Å²) < 4.78 is 13.0. The second-order valence-electron chi connectivity index (χ2n) is 4.63. The molecule has 0 aliphatic rings. The van der Waals surface area contributed by atoms with Crippen LogP contribution < -0.4 is 5.32 Å². The van der Waals surface area contributed by atoms with Gasteiger partial charge >= 0.3 is 0 Å². The highest BCUT2D eigenvalue weighted by Crippen LogP contribution is 2.12. The van der Waals surface area contributed by atoms with Crippen LogP contribution in [0, 0.1) is 12.7 Å².